The lowest BCUT2D eigenvalue weighted by atomic mass is 9.85. The lowest BCUT2D eigenvalue weighted by molar-refractivity contribution is -0.141. The molecular formula is C19H24N2O5S. The number of rotatable bonds is 3. The van der Waals surface area contributed by atoms with Crippen molar-refractivity contribution in [3.05, 3.63) is 23.8 Å². The first-order chi connectivity index (χ1) is 12.8. The van der Waals surface area contributed by atoms with Crippen molar-refractivity contribution in [1.82, 2.24) is 4.31 Å². The molecule has 0 aromatic heterocycles. The summed E-state index contributed by atoms with van der Waals surface area (Å²) in [7, 11) is -3.91. The molecule has 2 heterocycles. The molecule has 1 aromatic carbocycles. The lowest BCUT2D eigenvalue weighted by Crippen LogP contribution is -2.46. The molecule has 1 N–H and O–H groups in total. The van der Waals surface area contributed by atoms with Gasteiger partial charge in [-0.15, -0.1) is 0 Å². The molecule has 1 saturated carbocycles. The molecule has 3 aliphatic rings. The second-order valence-corrected chi connectivity index (χ2v) is 9.59. The number of carboxylic acids is 1. The van der Waals surface area contributed by atoms with Crippen molar-refractivity contribution in [3.63, 3.8) is 0 Å². The van der Waals surface area contributed by atoms with Gasteiger partial charge in [-0.1, -0.05) is 12.8 Å². The molecule has 2 fully saturated rings. The quantitative estimate of drug-likeness (QED) is 0.849. The summed E-state index contributed by atoms with van der Waals surface area (Å²) in [6.07, 6.45) is 4.56. The number of fused-ring (bicyclic) bond motifs is 2. The Hall–Kier alpha value is -1.93. The molecule has 0 spiro atoms. The van der Waals surface area contributed by atoms with E-state index in [1.165, 1.54) is 17.3 Å². The minimum atomic E-state index is -3.91. The number of hydrogen-bond acceptors (Lipinski definition) is 4. The Labute approximate surface area is 159 Å². The van der Waals surface area contributed by atoms with E-state index in [1.54, 1.807) is 17.0 Å². The second kappa shape index (κ2) is 6.60. The number of nitrogens with zero attached hydrogens (tertiary/aromatic N) is 2. The Morgan fingerprint density at radius 3 is 2.63 bits per heavy atom. The largest absolute Gasteiger partial charge is 0.480 e. The molecule has 7 nitrogen and oxygen atoms in total. The van der Waals surface area contributed by atoms with Crippen LogP contribution >= 0.6 is 0 Å². The van der Waals surface area contributed by atoms with Gasteiger partial charge < -0.3 is 10.0 Å². The smallest absolute Gasteiger partial charge is 0.322 e. The molecule has 4 rings (SSSR count). The van der Waals surface area contributed by atoms with Crippen LogP contribution in [0.4, 0.5) is 5.69 Å². The zero-order chi connectivity index (χ0) is 19.3. The van der Waals surface area contributed by atoms with Crippen LogP contribution in [0.1, 0.15) is 44.6 Å². The number of carbonyl (C=O) groups is 2. The first kappa shape index (κ1) is 18.4. The summed E-state index contributed by atoms with van der Waals surface area (Å²) in [6.45, 7) is 2.03. The summed E-state index contributed by atoms with van der Waals surface area (Å²) in [5.41, 5.74) is 1.56. The summed E-state index contributed by atoms with van der Waals surface area (Å²) < 4.78 is 28.1. The van der Waals surface area contributed by atoms with Gasteiger partial charge in [0.05, 0.1) is 4.90 Å². The van der Waals surface area contributed by atoms with Crippen LogP contribution in [0, 0.1) is 5.92 Å². The van der Waals surface area contributed by atoms with Crippen molar-refractivity contribution in [2.45, 2.75) is 62.4 Å². The zero-order valence-electron chi connectivity index (χ0n) is 15.3. The van der Waals surface area contributed by atoms with Crippen molar-refractivity contribution < 1.29 is 23.1 Å². The SMILES string of the molecule is CC(=O)N1CCc2cc(S(=O)(=O)N3C(C(=O)O)CC4CCCCC43)ccc21. The summed E-state index contributed by atoms with van der Waals surface area (Å²) in [4.78, 5) is 25.3. The van der Waals surface area contributed by atoms with Crippen molar-refractivity contribution in [2.24, 2.45) is 5.92 Å². The minimum absolute atomic E-state index is 0.0695. The van der Waals surface area contributed by atoms with E-state index in [9.17, 15) is 23.1 Å². The van der Waals surface area contributed by atoms with E-state index < -0.39 is 22.0 Å². The normalized spacial score (nSPS) is 28.0. The molecule has 2 aliphatic heterocycles. The number of aliphatic carboxylic acids is 1. The van der Waals surface area contributed by atoms with Crippen LogP contribution in [0.2, 0.25) is 0 Å². The number of benzene rings is 1. The number of anilines is 1. The second-order valence-electron chi connectivity index (χ2n) is 7.75. The van der Waals surface area contributed by atoms with Gasteiger partial charge in [0.1, 0.15) is 6.04 Å². The molecule has 0 bridgehead atoms. The average molecular weight is 392 g/mol. The highest BCUT2D eigenvalue weighted by Crippen LogP contribution is 2.43. The van der Waals surface area contributed by atoms with E-state index in [0.29, 0.717) is 19.4 Å². The molecule has 27 heavy (non-hydrogen) atoms. The molecule has 3 atom stereocenters. The van der Waals surface area contributed by atoms with Gasteiger partial charge in [0.25, 0.3) is 0 Å². The Bertz CT molecular complexity index is 897. The summed E-state index contributed by atoms with van der Waals surface area (Å²) in [6, 6.07) is 3.56. The van der Waals surface area contributed by atoms with Crippen LogP contribution in [0.5, 0.6) is 0 Å². The van der Waals surface area contributed by atoms with E-state index in [-0.39, 0.29) is 22.8 Å². The first-order valence-electron chi connectivity index (χ1n) is 9.48. The van der Waals surface area contributed by atoms with E-state index in [2.05, 4.69) is 0 Å². The fourth-order valence-corrected chi connectivity index (χ4v) is 6.88. The molecule has 0 radical (unpaired) electrons. The minimum Gasteiger partial charge on any atom is -0.480 e. The fourth-order valence-electron chi connectivity index (χ4n) is 4.96. The third-order valence-corrected chi connectivity index (χ3v) is 8.15. The molecular weight excluding hydrogens is 368 g/mol. The summed E-state index contributed by atoms with van der Waals surface area (Å²) >= 11 is 0. The van der Waals surface area contributed by atoms with E-state index in [1.807, 2.05) is 0 Å². The molecule has 1 saturated heterocycles. The Balaban J connectivity index is 1.72. The summed E-state index contributed by atoms with van der Waals surface area (Å²) in [5, 5.41) is 9.64. The number of carbonyl (C=O) groups excluding carboxylic acids is 1. The number of amides is 1. The monoisotopic (exact) mass is 392 g/mol. The van der Waals surface area contributed by atoms with Gasteiger partial charge in [-0.05, 0) is 55.4 Å². The maximum Gasteiger partial charge on any atom is 0.322 e. The Morgan fingerprint density at radius 1 is 1.19 bits per heavy atom. The van der Waals surface area contributed by atoms with Crippen molar-refractivity contribution in [1.29, 1.82) is 0 Å². The first-order valence-corrected chi connectivity index (χ1v) is 10.9. The third kappa shape index (κ3) is 2.95. The predicted octanol–water partition coefficient (Wildman–Crippen LogP) is 2.00. The molecule has 1 aromatic rings. The van der Waals surface area contributed by atoms with Crippen LogP contribution in [0.3, 0.4) is 0 Å². The van der Waals surface area contributed by atoms with Crippen molar-refractivity contribution in [2.75, 3.05) is 11.4 Å². The van der Waals surface area contributed by atoms with Gasteiger partial charge in [-0.3, -0.25) is 9.59 Å². The number of carboxylic acid groups (broad SMARTS) is 1. The average Bonchev–Trinajstić information content (AvgIpc) is 3.23. The fraction of sp³-hybridized carbons (Fsp3) is 0.579. The highest BCUT2D eigenvalue weighted by molar-refractivity contribution is 7.89. The third-order valence-electron chi connectivity index (χ3n) is 6.22. The van der Waals surface area contributed by atoms with Gasteiger partial charge in [0.15, 0.2) is 0 Å². The standard InChI is InChI=1S/C19H24N2O5S/c1-12(22)20-9-8-14-10-15(6-7-16(14)20)27(25,26)21-17-5-3-2-4-13(17)11-18(21)19(23)24/h6-7,10,13,17-18H,2-5,8-9,11H2,1H3,(H,23,24). The number of hydrogen-bond donors (Lipinski definition) is 1. The molecule has 146 valence electrons. The number of sulfonamides is 1. The van der Waals surface area contributed by atoms with Gasteiger partial charge in [0.2, 0.25) is 15.9 Å². The maximum atomic E-state index is 13.4. The highest BCUT2D eigenvalue weighted by Gasteiger charge is 2.51. The van der Waals surface area contributed by atoms with Crippen LogP contribution < -0.4 is 4.90 Å². The van der Waals surface area contributed by atoms with E-state index in [0.717, 1.165) is 36.9 Å². The lowest BCUT2D eigenvalue weighted by Gasteiger charge is -2.32. The van der Waals surface area contributed by atoms with Crippen molar-refractivity contribution in [3.8, 4) is 0 Å². The van der Waals surface area contributed by atoms with Crippen LogP contribution in [-0.4, -0.2) is 48.3 Å². The van der Waals surface area contributed by atoms with Gasteiger partial charge >= 0.3 is 5.97 Å². The molecule has 8 heteroatoms. The van der Waals surface area contributed by atoms with Crippen LogP contribution in [0.15, 0.2) is 23.1 Å². The van der Waals surface area contributed by atoms with Gasteiger partial charge in [0, 0.05) is 25.2 Å². The zero-order valence-corrected chi connectivity index (χ0v) is 16.1. The van der Waals surface area contributed by atoms with Gasteiger partial charge in [-0.2, -0.15) is 4.31 Å². The molecule has 3 unspecified atom stereocenters. The van der Waals surface area contributed by atoms with E-state index >= 15 is 0 Å². The van der Waals surface area contributed by atoms with E-state index in [4.69, 9.17) is 0 Å². The summed E-state index contributed by atoms with van der Waals surface area (Å²) in [5.74, 6) is -1.02. The Morgan fingerprint density at radius 2 is 1.93 bits per heavy atom. The van der Waals surface area contributed by atoms with Crippen LogP contribution in [0.25, 0.3) is 0 Å². The Kier molecular flexibility index (Phi) is 4.50. The highest BCUT2D eigenvalue weighted by atomic mass is 32.2. The topological polar surface area (TPSA) is 95.0 Å². The molecule has 1 amide bonds. The van der Waals surface area contributed by atoms with Gasteiger partial charge in [-0.25, -0.2) is 8.42 Å². The maximum absolute atomic E-state index is 13.4. The van der Waals surface area contributed by atoms with Crippen LogP contribution in [-0.2, 0) is 26.0 Å². The predicted molar refractivity (Wildman–Crippen MR) is 99.0 cm³/mol. The van der Waals surface area contributed by atoms with Crippen molar-refractivity contribution >= 4 is 27.6 Å². The molecule has 1 aliphatic carbocycles.